The number of alkyl halides is 3. The van der Waals surface area contributed by atoms with Crippen molar-refractivity contribution in [3.63, 3.8) is 0 Å². The lowest BCUT2D eigenvalue weighted by atomic mass is 10.2. The van der Waals surface area contributed by atoms with Gasteiger partial charge in [0.25, 0.3) is 0 Å². The van der Waals surface area contributed by atoms with Crippen LogP contribution in [0.5, 0.6) is 5.75 Å². The van der Waals surface area contributed by atoms with Crippen LogP contribution < -0.4 is 15.4 Å². The molecule has 1 amide bonds. The number of pyridine rings is 1. The van der Waals surface area contributed by atoms with Crippen LogP contribution >= 0.6 is 0 Å². The van der Waals surface area contributed by atoms with Gasteiger partial charge in [-0.1, -0.05) is 0 Å². The minimum absolute atomic E-state index is 0.0321. The summed E-state index contributed by atoms with van der Waals surface area (Å²) in [4.78, 5) is 27.3. The highest BCUT2D eigenvalue weighted by Crippen LogP contribution is 2.32. The molecule has 5 rings (SSSR count). The van der Waals surface area contributed by atoms with Crippen LogP contribution in [-0.2, 0) is 11.3 Å². The Bertz CT molecular complexity index is 1450. The van der Waals surface area contributed by atoms with Crippen LogP contribution in [-0.4, -0.2) is 74.5 Å². The maximum atomic E-state index is 13.7. The molecule has 1 aliphatic heterocycles. The van der Waals surface area contributed by atoms with Gasteiger partial charge in [-0.15, -0.1) is 0 Å². The van der Waals surface area contributed by atoms with Crippen molar-refractivity contribution in [2.75, 3.05) is 38.1 Å². The first-order chi connectivity index (χ1) is 18.2. The monoisotopic (exact) mass is 530 g/mol. The van der Waals surface area contributed by atoms with Crippen LogP contribution in [0.2, 0.25) is 0 Å². The van der Waals surface area contributed by atoms with Gasteiger partial charge >= 0.3 is 6.18 Å². The molecule has 198 valence electrons. The van der Waals surface area contributed by atoms with Crippen LogP contribution in [0.25, 0.3) is 22.3 Å². The summed E-state index contributed by atoms with van der Waals surface area (Å²) in [7, 11) is 0. The van der Waals surface area contributed by atoms with E-state index in [2.05, 4.69) is 30.7 Å². The van der Waals surface area contributed by atoms with E-state index in [0.717, 1.165) is 25.2 Å². The molecule has 38 heavy (non-hydrogen) atoms. The average Bonchev–Trinajstić information content (AvgIpc) is 3.37. The van der Waals surface area contributed by atoms with Gasteiger partial charge in [-0.3, -0.25) is 9.48 Å². The zero-order valence-corrected chi connectivity index (χ0v) is 19.9. The zero-order valence-electron chi connectivity index (χ0n) is 19.9. The molecule has 0 spiro atoms. The molecule has 2 N–H and O–H groups in total. The van der Waals surface area contributed by atoms with Crippen LogP contribution in [0.4, 0.5) is 29.1 Å². The number of benzene rings is 1. The number of nitrogens with one attached hydrogen (secondary N) is 2. The van der Waals surface area contributed by atoms with E-state index in [1.807, 2.05) is 0 Å². The molecule has 4 aromatic rings. The van der Waals surface area contributed by atoms with Crippen molar-refractivity contribution >= 4 is 28.4 Å². The molecule has 0 bridgehead atoms. The lowest BCUT2D eigenvalue weighted by Crippen LogP contribution is -2.47. The summed E-state index contributed by atoms with van der Waals surface area (Å²) in [6.45, 7) is 1.30. The topological polar surface area (TPSA) is 110 Å². The van der Waals surface area contributed by atoms with Crippen LogP contribution in [0.15, 0.2) is 49.1 Å². The van der Waals surface area contributed by atoms with Gasteiger partial charge in [0.1, 0.15) is 30.0 Å². The fourth-order valence-corrected chi connectivity index (χ4v) is 3.93. The molecule has 0 radical (unpaired) electrons. The maximum absolute atomic E-state index is 13.7. The van der Waals surface area contributed by atoms with E-state index < -0.39 is 18.6 Å². The summed E-state index contributed by atoms with van der Waals surface area (Å²) < 4.78 is 58.1. The van der Waals surface area contributed by atoms with Gasteiger partial charge in [-0.05, 0) is 24.3 Å². The van der Waals surface area contributed by atoms with Crippen LogP contribution in [0.3, 0.4) is 0 Å². The lowest BCUT2D eigenvalue weighted by Gasteiger charge is -2.27. The first-order valence-electron chi connectivity index (χ1n) is 11.6. The Kier molecular flexibility index (Phi) is 7.05. The molecular weight excluding hydrogens is 508 g/mol. The number of carbonyl (C=O) groups is 1. The van der Waals surface area contributed by atoms with E-state index >= 15 is 0 Å². The Morgan fingerprint density at radius 2 is 1.95 bits per heavy atom. The lowest BCUT2D eigenvalue weighted by molar-refractivity contribution is -0.153. The molecule has 3 aromatic heterocycles. The number of carbonyl (C=O) groups excluding carboxylic acids is 1. The Balaban J connectivity index is 1.39. The molecule has 0 saturated carbocycles. The quantitative estimate of drug-likeness (QED) is 0.351. The largest absolute Gasteiger partial charge is 0.482 e. The maximum Gasteiger partial charge on any atom is 0.422 e. The van der Waals surface area contributed by atoms with E-state index in [1.54, 1.807) is 29.4 Å². The molecule has 0 aliphatic carbocycles. The summed E-state index contributed by atoms with van der Waals surface area (Å²) >= 11 is 0. The normalized spacial score (nSPS) is 14.1. The van der Waals surface area contributed by atoms with Crippen LogP contribution in [0, 0.1) is 5.82 Å². The van der Waals surface area contributed by atoms with Gasteiger partial charge in [0.15, 0.2) is 12.4 Å². The predicted octanol–water partition coefficient (Wildman–Crippen LogP) is 3.14. The minimum Gasteiger partial charge on any atom is -0.482 e. The van der Waals surface area contributed by atoms with E-state index in [9.17, 15) is 22.4 Å². The second-order valence-electron chi connectivity index (χ2n) is 8.51. The number of nitrogens with zero attached hydrogens (tertiary/aromatic N) is 6. The highest BCUT2D eigenvalue weighted by atomic mass is 19.4. The first-order valence-corrected chi connectivity index (χ1v) is 11.6. The zero-order chi connectivity index (χ0) is 26.7. The number of aromatic nitrogens is 5. The van der Waals surface area contributed by atoms with Crippen molar-refractivity contribution < 1.29 is 27.1 Å². The molecule has 4 heterocycles. The SMILES string of the molecule is O=C(Cn1cc(-c2ccc3ncnc(Nc4ccc(F)cc4OCC(F)(F)F)c3n2)cn1)N1CCNCC1. The van der Waals surface area contributed by atoms with E-state index in [1.165, 1.54) is 17.1 Å². The smallest absolute Gasteiger partial charge is 0.422 e. The Hall–Kier alpha value is -4.33. The predicted molar refractivity (Wildman–Crippen MR) is 129 cm³/mol. The Labute approximate surface area is 213 Å². The van der Waals surface area contributed by atoms with Crippen LogP contribution in [0.1, 0.15) is 0 Å². The number of hydrogen-bond acceptors (Lipinski definition) is 8. The summed E-state index contributed by atoms with van der Waals surface area (Å²) in [5, 5.41) is 10.4. The number of amides is 1. The summed E-state index contributed by atoms with van der Waals surface area (Å²) in [6, 6.07) is 6.62. The van der Waals surface area contributed by atoms with Crippen molar-refractivity contribution in [3.05, 3.63) is 54.9 Å². The first kappa shape index (κ1) is 25.3. The van der Waals surface area contributed by atoms with E-state index in [-0.39, 0.29) is 29.7 Å². The van der Waals surface area contributed by atoms with Crippen molar-refractivity contribution in [3.8, 4) is 17.0 Å². The third-order valence-corrected chi connectivity index (χ3v) is 5.77. The number of anilines is 2. The van der Waals surface area contributed by atoms with Crippen molar-refractivity contribution in [2.24, 2.45) is 0 Å². The van der Waals surface area contributed by atoms with Crippen molar-refractivity contribution in [1.82, 2.24) is 34.9 Å². The van der Waals surface area contributed by atoms with Gasteiger partial charge in [-0.2, -0.15) is 18.3 Å². The molecule has 1 fully saturated rings. The summed E-state index contributed by atoms with van der Waals surface area (Å²) in [5.74, 6) is -0.939. The second kappa shape index (κ2) is 10.6. The number of hydrogen-bond donors (Lipinski definition) is 2. The van der Waals surface area contributed by atoms with Crippen molar-refractivity contribution in [2.45, 2.75) is 12.7 Å². The molecule has 0 unspecified atom stereocenters. The van der Waals surface area contributed by atoms with Gasteiger partial charge in [0.05, 0.1) is 23.1 Å². The molecule has 0 atom stereocenters. The standard InChI is InChI=1S/C24H22F4N8O2/c25-16-1-2-18(20(9-16)38-13-24(26,27)28)34-23-22-19(30-14-31-23)4-3-17(33-22)15-10-32-36(11-15)12-21(37)35-7-5-29-6-8-35/h1-4,9-11,14,29H,5-8,12-13H2,(H,30,31,34). The third-order valence-electron chi connectivity index (χ3n) is 5.77. The number of halogens is 4. The number of piperazine rings is 1. The summed E-state index contributed by atoms with van der Waals surface area (Å²) in [6.07, 6.45) is -0.0411. The van der Waals surface area contributed by atoms with E-state index in [0.29, 0.717) is 35.4 Å². The van der Waals surface area contributed by atoms with Gasteiger partial charge in [0, 0.05) is 44.0 Å². The highest BCUT2D eigenvalue weighted by molar-refractivity contribution is 5.89. The molecule has 10 nitrogen and oxygen atoms in total. The second-order valence-corrected chi connectivity index (χ2v) is 8.51. The Morgan fingerprint density at radius 1 is 1.13 bits per heavy atom. The van der Waals surface area contributed by atoms with Crippen molar-refractivity contribution in [1.29, 1.82) is 0 Å². The number of ether oxygens (including phenoxy) is 1. The fourth-order valence-electron chi connectivity index (χ4n) is 3.93. The molecule has 1 aliphatic rings. The minimum atomic E-state index is -4.60. The molecular formula is C24H22F4N8O2. The van der Waals surface area contributed by atoms with Gasteiger partial charge < -0.3 is 20.3 Å². The van der Waals surface area contributed by atoms with Gasteiger partial charge in [0.2, 0.25) is 5.91 Å². The summed E-state index contributed by atoms with van der Waals surface area (Å²) in [5.41, 5.74) is 2.02. The Morgan fingerprint density at radius 3 is 2.74 bits per heavy atom. The molecule has 14 heteroatoms. The number of rotatable bonds is 7. The van der Waals surface area contributed by atoms with Gasteiger partial charge in [-0.25, -0.2) is 19.3 Å². The average molecular weight is 530 g/mol. The molecule has 1 aromatic carbocycles. The third kappa shape index (κ3) is 5.96. The highest BCUT2D eigenvalue weighted by Gasteiger charge is 2.29. The van der Waals surface area contributed by atoms with E-state index in [4.69, 9.17) is 4.74 Å². The fraction of sp³-hybridized carbons (Fsp3) is 0.292. The molecule has 1 saturated heterocycles. The number of fused-ring (bicyclic) bond motifs is 1.